The zero-order valence-electron chi connectivity index (χ0n) is 13.8. The van der Waals surface area contributed by atoms with Crippen LogP contribution in [0.1, 0.15) is 34.5 Å². The highest BCUT2D eigenvalue weighted by Crippen LogP contribution is 2.56. The minimum atomic E-state index is 0.148. The van der Waals surface area contributed by atoms with Crippen LogP contribution in [0, 0.1) is 5.41 Å². The summed E-state index contributed by atoms with van der Waals surface area (Å²) in [5.74, 6) is 0.918. The molecule has 0 aromatic carbocycles. The van der Waals surface area contributed by atoms with Crippen molar-refractivity contribution in [3.05, 3.63) is 38.7 Å². The number of nitrogens with zero attached hydrogens (tertiary/aromatic N) is 1. The molecule has 1 aliphatic heterocycles. The molecule has 1 saturated carbocycles. The lowest BCUT2D eigenvalue weighted by molar-refractivity contribution is 0.0697. The highest BCUT2D eigenvalue weighted by Gasteiger charge is 2.57. The molecular weight excluding hydrogens is 340 g/mol. The Morgan fingerprint density at radius 1 is 1.42 bits per heavy atom. The first-order valence-corrected chi connectivity index (χ1v) is 10.2. The Labute approximate surface area is 150 Å². The molecule has 1 N–H and O–H groups in total. The van der Waals surface area contributed by atoms with Gasteiger partial charge in [-0.3, -0.25) is 4.79 Å². The maximum Gasteiger partial charge on any atom is 0.264 e. The molecule has 3 heterocycles. The van der Waals surface area contributed by atoms with Crippen molar-refractivity contribution in [2.75, 3.05) is 20.2 Å². The molecule has 0 bridgehead atoms. The van der Waals surface area contributed by atoms with Gasteiger partial charge in [-0.1, -0.05) is 0 Å². The zero-order valence-corrected chi connectivity index (χ0v) is 15.4. The number of piperidine rings is 1. The molecule has 2 aromatic rings. The number of ether oxygens (including phenoxy) is 1. The summed E-state index contributed by atoms with van der Waals surface area (Å²) in [6.45, 7) is 2.86. The third kappa shape index (κ3) is 2.98. The van der Waals surface area contributed by atoms with E-state index in [1.165, 1.54) is 29.7 Å². The Bertz CT molecular complexity index is 704. The standard InChI is InChI=1S/C18H22N2O2S2/c1-22-14-8-15(24-12-14)17(21)20(10-13-2-7-23-11-13)16-9-18(16)3-5-19-6-4-18/h2,7-8,11-12,16,19H,3-6,9-10H2,1H3. The molecule has 1 spiro atoms. The fourth-order valence-electron chi connectivity index (χ4n) is 3.81. The van der Waals surface area contributed by atoms with E-state index in [4.69, 9.17) is 4.74 Å². The van der Waals surface area contributed by atoms with Gasteiger partial charge in [0, 0.05) is 24.0 Å². The molecule has 2 aromatic heterocycles. The number of amides is 1. The van der Waals surface area contributed by atoms with Crippen LogP contribution in [0.15, 0.2) is 28.3 Å². The van der Waals surface area contributed by atoms with Crippen molar-refractivity contribution in [2.24, 2.45) is 5.41 Å². The zero-order chi connectivity index (χ0) is 16.6. The normalized spacial score (nSPS) is 21.6. The van der Waals surface area contributed by atoms with Gasteiger partial charge in [-0.2, -0.15) is 11.3 Å². The number of thiophene rings is 2. The molecule has 1 unspecified atom stereocenters. The lowest BCUT2D eigenvalue weighted by atomic mass is 9.93. The molecular formula is C18H22N2O2S2. The lowest BCUT2D eigenvalue weighted by Crippen LogP contribution is -2.38. The molecule has 4 rings (SSSR count). The highest BCUT2D eigenvalue weighted by molar-refractivity contribution is 7.12. The first-order chi connectivity index (χ1) is 11.7. The molecule has 2 aliphatic rings. The molecule has 1 amide bonds. The van der Waals surface area contributed by atoms with Crippen molar-refractivity contribution >= 4 is 28.6 Å². The number of hydrogen-bond donors (Lipinski definition) is 1. The third-order valence-electron chi connectivity index (χ3n) is 5.34. The van der Waals surface area contributed by atoms with Crippen molar-refractivity contribution in [3.63, 3.8) is 0 Å². The number of hydrogen-bond acceptors (Lipinski definition) is 5. The van der Waals surface area contributed by atoms with Crippen LogP contribution in [0.5, 0.6) is 5.75 Å². The van der Waals surface area contributed by atoms with Crippen LogP contribution in [0.4, 0.5) is 0 Å². The van der Waals surface area contributed by atoms with Crippen molar-refractivity contribution in [3.8, 4) is 5.75 Å². The average molecular weight is 363 g/mol. The summed E-state index contributed by atoms with van der Waals surface area (Å²) < 4.78 is 5.25. The fraction of sp³-hybridized carbons (Fsp3) is 0.500. The fourth-order valence-corrected chi connectivity index (χ4v) is 5.28. The van der Waals surface area contributed by atoms with E-state index in [0.717, 1.165) is 30.1 Å². The van der Waals surface area contributed by atoms with Gasteiger partial charge in [0.2, 0.25) is 0 Å². The Kier molecular flexibility index (Phi) is 4.37. The average Bonchev–Trinajstić information content (AvgIpc) is 3.05. The van der Waals surface area contributed by atoms with Gasteiger partial charge in [0.25, 0.3) is 5.91 Å². The summed E-state index contributed by atoms with van der Waals surface area (Å²) in [5, 5.41) is 9.58. The van der Waals surface area contributed by atoms with Crippen LogP contribution in [-0.2, 0) is 6.54 Å². The van der Waals surface area contributed by atoms with Crippen LogP contribution < -0.4 is 10.1 Å². The molecule has 1 aliphatic carbocycles. The van der Waals surface area contributed by atoms with Gasteiger partial charge in [0.1, 0.15) is 5.75 Å². The van der Waals surface area contributed by atoms with Gasteiger partial charge >= 0.3 is 0 Å². The Hall–Kier alpha value is -1.37. The summed E-state index contributed by atoms with van der Waals surface area (Å²) >= 11 is 3.17. The smallest absolute Gasteiger partial charge is 0.264 e. The second-order valence-electron chi connectivity index (χ2n) is 6.75. The quantitative estimate of drug-likeness (QED) is 0.884. The topological polar surface area (TPSA) is 41.6 Å². The molecule has 128 valence electrons. The van der Waals surface area contributed by atoms with Crippen LogP contribution in [0.2, 0.25) is 0 Å². The van der Waals surface area contributed by atoms with E-state index in [0.29, 0.717) is 18.0 Å². The van der Waals surface area contributed by atoms with Crippen LogP contribution >= 0.6 is 22.7 Å². The molecule has 4 nitrogen and oxygen atoms in total. The van der Waals surface area contributed by atoms with Gasteiger partial charge in [-0.25, -0.2) is 0 Å². The van der Waals surface area contributed by atoms with Crippen molar-refractivity contribution in [1.82, 2.24) is 10.2 Å². The number of nitrogens with one attached hydrogen (secondary N) is 1. The second-order valence-corrected chi connectivity index (χ2v) is 8.44. The van der Waals surface area contributed by atoms with E-state index in [1.54, 1.807) is 18.4 Å². The molecule has 6 heteroatoms. The van der Waals surface area contributed by atoms with Gasteiger partial charge in [0.15, 0.2) is 0 Å². The SMILES string of the molecule is COc1csc(C(=O)N(Cc2ccsc2)C2CC23CCNCC3)c1. The summed E-state index contributed by atoms with van der Waals surface area (Å²) in [5.41, 5.74) is 1.58. The van der Waals surface area contributed by atoms with E-state index in [9.17, 15) is 4.79 Å². The van der Waals surface area contributed by atoms with E-state index >= 15 is 0 Å². The summed E-state index contributed by atoms with van der Waals surface area (Å²) in [4.78, 5) is 16.1. The summed E-state index contributed by atoms with van der Waals surface area (Å²) in [7, 11) is 1.64. The maximum absolute atomic E-state index is 13.2. The lowest BCUT2D eigenvalue weighted by Gasteiger charge is -2.29. The predicted molar refractivity (Wildman–Crippen MR) is 98.0 cm³/mol. The highest BCUT2D eigenvalue weighted by atomic mass is 32.1. The number of carbonyl (C=O) groups excluding carboxylic acids is 1. The second kappa shape index (κ2) is 6.50. The minimum absolute atomic E-state index is 0.148. The van der Waals surface area contributed by atoms with E-state index in [-0.39, 0.29) is 5.91 Å². The van der Waals surface area contributed by atoms with Gasteiger partial charge in [0.05, 0.1) is 12.0 Å². The Balaban J connectivity index is 1.57. The molecule has 1 atom stereocenters. The summed E-state index contributed by atoms with van der Waals surface area (Å²) in [6, 6.07) is 4.36. The van der Waals surface area contributed by atoms with Gasteiger partial charge in [-0.15, -0.1) is 11.3 Å². The number of methoxy groups -OCH3 is 1. The summed E-state index contributed by atoms with van der Waals surface area (Å²) in [6.07, 6.45) is 3.50. The van der Waals surface area contributed by atoms with Gasteiger partial charge in [-0.05, 0) is 60.2 Å². The van der Waals surface area contributed by atoms with Crippen LogP contribution in [0.3, 0.4) is 0 Å². The van der Waals surface area contributed by atoms with Gasteiger partial charge < -0.3 is 15.0 Å². The van der Waals surface area contributed by atoms with Crippen LogP contribution in [0.25, 0.3) is 0 Å². The number of carbonyl (C=O) groups is 1. The Morgan fingerprint density at radius 2 is 2.25 bits per heavy atom. The molecule has 0 radical (unpaired) electrons. The maximum atomic E-state index is 13.2. The monoisotopic (exact) mass is 362 g/mol. The number of rotatable bonds is 5. The third-order valence-corrected chi connectivity index (χ3v) is 6.97. The Morgan fingerprint density at radius 3 is 2.92 bits per heavy atom. The minimum Gasteiger partial charge on any atom is -0.496 e. The van der Waals surface area contributed by atoms with Crippen LogP contribution in [-0.4, -0.2) is 37.0 Å². The first kappa shape index (κ1) is 16.1. The van der Waals surface area contributed by atoms with Crippen molar-refractivity contribution in [2.45, 2.75) is 31.8 Å². The molecule has 2 fully saturated rings. The largest absolute Gasteiger partial charge is 0.496 e. The molecule has 24 heavy (non-hydrogen) atoms. The van der Waals surface area contributed by atoms with E-state index < -0.39 is 0 Å². The molecule has 1 saturated heterocycles. The van der Waals surface area contributed by atoms with E-state index in [2.05, 4.69) is 27.0 Å². The predicted octanol–water partition coefficient (Wildman–Crippen LogP) is 3.60. The van der Waals surface area contributed by atoms with E-state index in [1.807, 2.05) is 11.4 Å². The first-order valence-electron chi connectivity index (χ1n) is 8.37. The van der Waals surface area contributed by atoms with Crippen molar-refractivity contribution in [1.29, 1.82) is 0 Å². The van der Waals surface area contributed by atoms with Crippen molar-refractivity contribution < 1.29 is 9.53 Å².